The van der Waals surface area contributed by atoms with Crippen molar-refractivity contribution in [2.24, 2.45) is 11.8 Å². The van der Waals surface area contributed by atoms with Crippen LogP contribution in [0.5, 0.6) is 0 Å². The first-order chi connectivity index (χ1) is 60.7. The van der Waals surface area contributed by atoms with Gasteiger partial charge in [-0.3, -0.25) is 0 Å². The zero-order valence-electron chi connectivity index (χ0n) is 68.5. The Balaban J connectivity index is 0.705. The summed E-state index contributed by atoms with van der Waals surface area (Å²) in [6.07, 6.45) is 33.3. The largest absolute Gasteiger partial charge is 0.455 e. The highest BCUT2D eigenvalue weighted by molar-refractivity contribution is 6.23. The smallest absolute Gasteiger partial charge is 0.143 e. The summed E-state index contributed by atoms with van der Waals surface area (Å²) in [7, 11) is 0. The summed E-state index contributed by atoms with van der Waals surface area (Å²) in [5.74, 6) is 0.761. The highest BCUT2D eigenvalue weighted by Crippen LogP contribution is 2.50. The fourth-order valence-electron chi connectivity index (χ4n) is 21.3. The van der Waals surface area contributed by atoms with E-state index in [0.717, 1.165) is 148 Å². The predicted octanol–water partition coefficient (Wildman–Crippen LogP) is 31.4. The maximum Gasteiger partial charge on any atom is 0.143 e. The average Bonchev–Trinajstić information content (AvgIpc) is 1.62. The first-order valence-electron chi connectivity index (χ1n) is 43.7. The standard InChI is InChI=1S/C120H83NO2/c1-73-19-5-3-6-20-74-35-39-81(61-80(74)34-33-73)84-49-57-114-108(64-84)110-69-91(83-46-54-98-87(63-83)41-37-76-22-10-13-27-95(76)98)68-104(118(110)122-114)88-47-55-112-106(66-88)107-67-89(48-56-113(107)121(112)93-51-43-79(44-52-93)117-102-31-17-15-29-100(102)116(78-24-7-4-8-25-78)101-30-16-18-32-103(101)117)105-70-92(120(2)60-59-99-90(72-120)42-38-77-23-11-14-28-96(77)99)71-111-109-65-85(50-58-115(109)123-119(105)111)82-45-53-97-86(62-82)40-36-75-21-9-12-26-94(75)97/h3-13,15-19,21-27,29-34,36-59,61-74H,14,20,28,35,60H2,1-2H3/b6-3-,19-5-,34-33-/t73?,74?,120-/m0/s1. The third-order valence-electron chi connectivity index (χ3n) is 27.7. The highest BCUT2D eigenvalue weighted by Gasteiger charge is 2.31. The van der Waals surface area contributed by atoms with Gasteiger partial charge in [-0.2, -0.15) is 0 Å². The summed E-state index contributed by atoms with van der Waals surface area (Å²) >= 11 is 0. The molecule has 4 aliphatic rings. The second kappa shape index (κ2) is 28.1. The Labute approximate surface area is 712 Å². The van der Waals surface area contributed by atoms with E-state index in [2.05, 4.69) is 413 Å². The van der Waals surface area contributed by atoms with E-state index < -0.39 is 0 Å². The van der Waals surface area contributed by atoms with Crippen LogP contribution in [-0.4, -0.2) is 4.57 Å². The van der Waals surface area contributed by atoms with Gasteiger partial charge >= 0.3 is 0 Å². The Morgan fingerprint density at radius 2 is 0.894 bits per heavy atom. The van der Waals surface area contributed by atoms with E-state index in [1.165, 1.54) is 131 Å². The van der Waals surface area contributed by atoms with Crippen LogP contribution in [0.25, 0.3) is 227 Å². The molecule has 0 aliphatic heterocycles. The maximum atomic E-state index is 7.41. The van der Waals surface area contributed by atoms with Crippen molar-refractivity contribution >= 4 is 154 Å². The summed E-state index contributed by atoms with van der Waals surface area (Å²) in [5, 5.41) is 24.2. The number of hydrogen-bond acceptors (Lipinski definition) is 2. The molecule has 4 aliphatic carbocycles. The lowest BCUT2D eigenvalue weighted by Crippen LogP contribution is -2.38. The van der Waals surface area contributed by atoms with Crippen LogP contribution in [0.1, 0.15) is 61.8 Å². The van der Waals surface area contributed by atoms with Crippen LogP contribution < -0.4 is 10.4 Å². The van der Waals surface area contributed by atoms with E-state index in [4.69, 9.17) is 8.83 Å². The second-order valence-electron chi connectivity index (χ2n) is 35.0. The van der Waals surface area contributed by atoms with Gasteiger partial charge in [-0.25, -0.2) is 0 Å². The van der Waals surface area contributed by atoms with Crippen LogP contribution in [-0.2, 0) is 11.8 Å². The molecule has 2 unspecified atom stereocenters. The number of benzene rings is 18. The van der Waals surface area contributed by atoms with Gasteiger partial charge in [0.25, 0.3) is 0 Å². The van der Waals surface area contributed by atoms with Crippen LogP contribution in [0.3, 0.4) is 0 Å². The Bertz CT molecular complexity index is 8440. The van der Waals surface area contributed by atoms with Crippen molar-refractivity contribution in [3.8, 4) is 72.4 Å². The first kappa shape index (κ1) is 71.1. The number of rotatable bonds is 9. The van der Waals surface area contributed by atoms with Crippen molar-refractivity contribution in [2.45, 2.75) is 51.4 Å². The van der Waals surface area contributed by atoms with Crippen molar-refractivity contribution in [2.75, 3.05) is 0 Å². The van der Waals surface area contributed by atoms with Crippen molar-refractivity contribution in [1.82, 2.24) is 4.57 Å². The van der Waals surface area contributed by atoms with Gasteiger partial charge < -0.3 is 13.4 Å². The van der Waals surface area contributed by atoms with Gasteiger partial charge in [0.05, 0.1) is 11.0 Å². The van der Waals surface area contributed by atoms with Crippen LogP contribution >= 0.6 is 0 Å². The molecule has 3 nitrogen and oxygen atoms in total. The van der Waals surface area contributed by atoms with Crippen LogP contribution in [0.2, 0.25) is 0 Å². The monoisotopic (exact) mass is 1570 g/mol. The van der Waals surface area contributed by atoms with Crippen molar-refractivity contribution in [3.63, 3.8) is 0 Å². The number of allylic oxidation sites excluding steroid dienone is 11. The topological polar surface area (TPSA) is 31.2 Å². The fraction of sp³-hybridized carbons (Fsp3) is 0.0833. The van der Waals surface area contributed by atoms with Gasteiger partial charge in [-0.15, -0.1) is 0 Å². The van der Waals surface area contributed by atoms with Gasteiger partial charge in [0.1, 0.15) is 22.3 Å². The van der Waals surface area contributed by atoms with Gasteiger partial charge in [0.15, 0.2) is 0 Å². The molecule has 3 heteroatoms. The van der Waals surface area contributed by atoms with E-state index in [1.807, 2.05) is 0 Å². The second-order valence-corrected chi connectivity index (χ2v) is 35.0. The molecule has 0 saturated heterocycles. The first-order valence-corrected chi connectivity index (χ1v) is 43.7. The lowest BCUT2D eigenvalue weighted by Gasteiger charge is -2.29. The third-order valence-corrected chi connectivity index (χ3v) is 27.7. The van der Waals surface area contributed by atoms with E-state index in [0.29, 0.717) is 11.8 Å². The van der Waals surface area contributed by atoms with Crippen molar-refractivity contribution in [1.29, 1.82) is 0 Å². The molecule has 0 N–H and O–H groups in total. The molecule has 0 bridgehead atoms. The normalized spacial score (nSPS) is 17.3. The van der Waals surface area contributed by atoms with Gasteiger partial charge in [-0.1, -0.05) is 311 Å². The van der Waals surface area contributed by atoms with E-state index >= 15 is 0 Å². The Kier molecular flexibility index (Phi) is 16.2. The number of furan rings is 2. The Morgan fingerprint density at radius 3 is 1.56 bits per heavy atom. The molecule has 0 radical (unpaired) electrons. The molecule has 3 atom stereocenters. The van der Waals surface area contributed by atoms with Crippen molar-refractivity contribution in [3.05, 3.63) is 414 Å². The third kappa shape index (κ3) is 11.7. The van der Waals surface area contributed by atoms with Gasteiger partial charge in [0, 0.05) is 54.5 Å². The van der Waals surface area contributed by atoms with E-state index in [1.54, 1.807) is 0 Å². The molecule has 3 aromatic heterocycles. The maximum absolute atomic E-state index is 7.41. The quantitative estimate of drug-likeness (QED) is 0.107. The fourth-order valence-corrected chi connectivity index (χ4v) is 21.3. The van der Waals surface area contributed by atoms with E-state index in [-0.39, 0.29) is 5.41 Å². The molecular weight excluding hydrogens is 1490 g/mol. The zero-order chi connectivity index (χ0) is 81.1. The summed E-state index contributed by atoms with van der Waals surface area (Å²) in [6, 6.07) is 121. The van der Waals surface area contributed by atoms with Gasteiger partial charge in [0.2, 0.25) is 0 Å². The van der Waals surface area contributed by atoms with Crippen LogP contribution in [0.15, 0.2) is 391 Å². The summed E-state index contributed by atoms with van der Waals surface area (Å²) < 4.78 is 17.3. The van der Waals surface area contributed by atoms with E-state index in [9.17, 15) is 0 Å². The molecule has 123 heavy (non-hydrogen) atoms. The average molecular weight is 1570 g/mol. The minimum atomic E-state index is -0.353. The Hall–Kier alpha value is -14.9. The Morgan fingerprint density at radius 1 is 0.366 bits per heavy atom. The summed E-state index contributed by atoms with van der Waals surface area (Å²) in [6.45, 7) is 4.71. The van der Waals surface area contributed by atoms with Gasteiger partial charge in [-0.05, 0) is 305 Å². The molecule has 0 spiro atoms. The van der Waals surface area contributed by atoms with Crippen molar-refractivity contribution < 1.29 is 8.83 Å². The lowest BCUT2D eigenvalue weighted by atomic mass is 9.74. The number of aromatic nitrogens is 1. The molecule has 18 aromatic carbocycles. The minimum Gasteiger partial charge on any atom is -0.455 e. The minimum absolute atomic E-state index is 0.338. The summed E-state index contributed by atoms with van der Waals surface area (Å²) in [5.41, 5.74) is 27.9. The molecule has 0 amide bonds. The number of hydrogen-bond donors (Lipinski definition) is 0. The molecule has 0 saturated carbocycles. The molecule has 21 aromatic rings. The number of nitrogens with zero attached hydrogens (tertiary/aromatic N) is 1. The van der Waals surface area contributed by atoms with Crippen LogP contribution in [0.4, 0.5) is 0 Å². The zero-order valence-corrected chi connectivity index (χ0v) is 68.5. The molecule has 25 rings (SSSR count). The molecule has 580 valence electrons. The molecule has 0 fully saturated rings. The number of fused-ring (bicyclic) bond motifs is 21. The molecular formula is C120H83NO2. The lowest BCUT2D eigenvalue weighted by molar-refractivity contribution is 0.641. The highest BCUT2D eigenvalue weighted by atomic mass is 16.3. The SMILES string of the molecule is CC1/C=C\C=C/CC2CC=C(c3ccc4oc5c(-c6ccc7c(c6)c6cc(-c8cc([C@]9(C)C=c%10ccc%11c(c%10=CC9)CCC=C%11)cc9c8oc8ccc(-c%10ccc%11c(ccc%12ccccc%12%11)c%10)cc89)ccc6n7-c6ccc(-c7c8ccccc8c(-c8ccccc8)c8ccccc78)cc6)cc(-c6ccc7c(ccc8ccccc87)c6)cc5c4c3)C=C2/C=C\1. The summed E-state index contributed by atoms with van der Waals surface area (Å²) in [4.78, 5) is 0. The predicted molar refractivity (Wildman–Crippen MR) is 522 cm³/mol. The molecule has 3 heterocycles. The van der Waals surface area contributed by atoms with Crippen LogP contribution in [0, 0.1) is 11.8 Å².